The molecular weight excluding hydrogens is 388 g/mol. The highest BCUT2D eigenvalue weighted by atomic mass is 14.5. The van der Waals surface area contributed by atoms with Gasteiger partial charge in [-0.15, -0.1) is 12.8 Å². The zero-order chi connectivity index (χ0) is 22.3. The maximum Gasteiger partial charge on any atom is 0.0903 e. The predicted molar refractivity (Wildman–Crippen MR) is 125 cm³/mol. The summed E-state index contributed by atoms with van der Waals surface area (Å²) >= 11 is 0. The van der Waals surface area contributed by atoms with Gasteiger partial charge in [-0.05, 0) is 83.3 Å². The van der Waals surface area contributed by atoms with Crippen molar-refractivity contribution < 1.29 is 0 Å². The molecule has 150 valence electrons. The van der Waals surface area contributed by atoms with Crippen molar-refractivity contribution in [2.75, 3.05) is 0 Å². The third-order valence-corrected chi connectivity index (χ3v) is 7.08. The molecule has 0 saturated heterocycles. The smallest absolute Gasteiger partial charge is 0.0903 e. The summed E-state index contributed by atoms with van der Waals surface area (Å²) in [7, 11) is 0. The lowest BCUT2D eigenvalue weighted by molar-refractivity contribution is 0.580. The zero-order valence-electron chi connectivity index (χ0n) is 17.7. The lowest BCUT2D eigenvalue weighted by atomic mass is 9.78. The van der Waals surface area contributed by atoms with E-state index in [-0.39, 0.29) is 0 Å². The molecule has 2 nitrogen and oxygen atoms in total. The molecule has 0 N–H and O–H groups in total. The Balaban J connectivity index is 1.51. The average Bonchev–Trinajstić information content (AvgIpc) is 3.41. The maximum absolute atomic E-state index is 10.2. The standard InChI is InChI=1S/C30H20N2/c1-3-21-7-5-9-27(11-21)29(19-31)15-23-13-25-17-30(20-32,18-26(25)14-24(23)16-29)28-10-6-8-22(4-2)12-28/h1-2,5-14H,15-18H2. The molecule has 2 heteroatoms. The Labute approximate surface area is 189 Å². The second kappa shape index (κ2) is 7.17. The molecular formula is C30H20N2. The molecule has 0 bridgehead atoms. The fourth-order valence-electron chi connectivity index (χ4n) is 5.38. The Morgan fingerprint density at radius 2 is 0.969 bits per heavy atom. The van der Waals surface area contributed by atoms with E-state index in [9.17, 15) is 10.5 Å². The molecule has 0 fully saturated rings. The molecule has 0 atom stereocenters. The molecule has 0 aromatic heterocycles. The van der Waals surface area contributed by atoms with Crippen molar-refractivity contribution >= 4 is 0 Å². The van der Waals surface area contributed by atoms with E-state index in [2.05, 4.69) is 36.1 Å². The van der Waals surface area contributed by atoms with Crippen molar-refractivity contribution in [1.82, 2.24) is 0 Å². The van der Waals surface area contributed by atoms with Gasteiger partial charge in [0.05, 0.1) is 23.0 Å². The molecule has 0 unspecified atom stereocenters. The Kier molecular flexibility index (Phi) is 4.42. The number of benzene rings is 3. The van der Waals surface area contributed by atoms with Gasteiger partial charge < -0.3 is 0 Å². The quantitative estimate of drug-likeness (QED) is 0.574. The van der Waals surface area contributed by atoms with Crippen LogP contribution in [0.2, 0.25) is 0 Å². The molecule has 0 amide bonds. The minimum absolute atomic E-state index is 0.599. The van der Waals surface area contributed by atoms with Crippen LogP contribution < -0.4 is 0 Å². The molecule has 3 aromatic rings. The fraction of sp³-hybridized carbons (Fsp3) is 0.200. The summed E-state index contributed by atoms with van der Waals surface area (Å²) in [5, 5.41) is 20.3. The Morgan fingerprint density at radius 1 is 0.594 bits per heavy atom. The number of nitriles is 2. The van der Waals surface area contributed by atoms with Gasteiger partial charge in [0.2, 0.25) is 0 Å². The number of fused-ring (bicyclic) bond motifs is 2. The van der Waals surface area contributed by atoms with E-state index in [1.807, 2.05) is 48.5 Å². The van der Waals surface area contributed by atoms with Crippen LogP contribution in [0.25, 0.3) is 0 Å². The third kappa shape index (κ3) is 2.90. The van der Waals surface area contributed by atoms with Gasteiger partial charge in [-0.3, -0.25) is 0 Å². The van der Waals surface area contributed by atoms with Crippen LogP contribution in [0.4, 0.5) is 0 Å². The number of nitrogens with zero attached hydrogens (tertiary/aromatic N) is 2. The molecule has 32 heavy (non-hydrogen) atoms. The average molecular weight is 409 g/mol. The van der Waals surface area contributed by atoms with Crippen LogP contribution in [0.1, 0.15) is 44.5 Å². The summed E-state index contributed by atoms with van der Waals surface area (Å²) in [5.41, 5.74) is 7.13. The van der Waals surface area contributed by atoms with Crippen LogP contribution in [-0.2, 0) is 36.5 Å². The first kappa shape index (κ1) is 19.7. The van der Waals surface area contributed by atoms with Gasteiger partial charge in [0.1, 0.15) is 0 Å². The molecule has 3 aromatic carbocycles. The fourth-order valence-corrected chi connectivity index (χ4v) is 5.38. The molecule has 0 aliphatic heterocycles. The van der Waals surface area contributed by atoms with Crippen LogP contribution in [0.15, 0.2) is 60.7 Å². The summed E-state index contributed by atoms with van der Waals surface area (Å²) in [6.07, 6.45) is 13.8. The van der Waals surface area contributed by atoms with Crippen LogP contribution in [0, 0.1) is 47.3 Å². The van der Waals surface area contributed by atoms with E-state index in [4.69, 9.17) is 12.8 Å². The van der Waals surface area contributed by atoms with Crippen LogP contribution in [-0.4, -0.2) is 0 Å². The molecule has 0 heterocycles. The Bertz CT molecular complexity index is 1290. The van der Waals surface area contributed by atoms with Gasteiger partial charge in [-0.25, -0.2) is 0 Å². The Hall–Kier alpha value is -4.24. The van der Waals surface area contributed by atoms with Crippen molar-refractivity contribution in [3.05, 3.63) is 105 Å². The minimum Gasteiger partial charge on any atom is -0.197 e. The normalized spacial score (nSPS) is 16.6. The molecule has 2 aliphatic carbocycles. The molecule has 0 spiro atoms. The van der Waals surface area contributed by atoms with Crippen molar-refractivity contribution in [2.45, 2.75) is 36.5 Å². The first-order valence-corrected chi connectivity index (χ1v) is 10.7. The minimum atomic E-state index is -0.599. The van der Waals surface area contributed by atoms with Crippen LogP contribution in [0.5, 0.6) is 0 Å². The first-order valence-electron chi connectivity index (χ1n) is 10.7. The molecule has 5 rings (SSSR count). The van der Waals surface area contributed by atoms with Crippen molar-refractivity contribution in [2.24, 2.45) is 0 Å². The van der Waals surface area contributed by atoms with Gasteiger partial charge in [-0.1, -0.05) is 48.2 Å². The number of hydrogen-bond acceptors (Lipinski definition) is 2. The molecule has 2 aliphatic rings. The summed E-state index contributed by atoms with van der Waals surface area (Å²) < 4.78 is 0. The summed E-state index contributed by atoms with van der Waals surface area (Å²) in [6.45, 7) is 0. The van der Waals surface area contributed by atoms with Gasteiger partial charge in [0.15, 0.2) is 0 Å². The van der Waals surface area contributed by atoms with Crippen molar-refractivity contribution in [3.63, 3.8) is 0 Å². The monoisotopic (exact) mass is 408 g/mol. The van der Waals surface area contributed by atoms with E-state index in [1.165, 1.54) is 22.3 Å². The van der Waals surface area contributed by atoms with Gasteiger partial charge in [0, 0.05) is 11.1 Å². The second-order valence-corrected chi connectivity index (χ2v) is 8.93. The van der Waals surface area contributed by atoms with Gasteiger partial charge >= 0.3 is 0 Å². The van der Waals surface area contributed by atoms with Gasteiger partial charge in [-0.2, -0.15) is 10.5 Å². The van der Waals surface area contributed by atoms with E-state index < -0.39 is 10.8 Å². The third-order valence-electron chi connectivity index (χ3n) is 7.08. The van der Waals surface area contributed by atoms with E-state index in [0.717, 1.165) is 22.3 Å². The SMILES string of the molecule is C#Cc1cccc(C2(C#N)Cc3cc4c(cc3C2)CC(C#N)(c2cccc(C#C)c2)C4)c1. The lowest BCUT2D eigenvalue weighted by Gasteiger charge is -2.22. The van der Waals surface area contributed by atoms with Crippen LogP contribution in [0.3, 0.4) is 0 Å². The second-order valence-electron chi connectivity index (χ2n) is 8.93. The topological polar surface area (TPSA) is 47.6 Å². The van der Waals surface area contributed by atoms with E-state index in [0.29, 0.717) is 25.7 Å². The summed E-state index contributed by atoms with van der Waals surface area (Å²) in [4.78, 5) is 0. The van der Waals surface area contributed by atoms with Crippen molar-refractivity contribution in [1.29, 1.82) is 10.5 Å². The summed E-state index contributed by atoms with van der Waals surface area (Å²) in [6, 6.07) is 25.2. The van der Waals surface area contributed by atoms with Crippen molar-refractivity contribution in [3.8, 4) is 36.8 Å². The largest absolute Gasteiger partial charge is 0.197 e. The highest BCUT2D eigenvalue weighted by Gasteiger charge is 2.43. The number of hydrogen-bond donors (Lipinski definition) is 0. The highest BCUT2D eigenvalue weighted by molar-refractivity contribution is 5.56. The van der Waals surface area contributed by atoms with E-state index >= 15 is 0 Å². The van der Waals surface area contributed by atoms with Crippen LogP contribution >= 0.6 is 0 Å². The zero-order valence-corrected chi connectivity index (χ0v) is 17.7. The Morgan fingerprint density at radius 3 is 1.28 bits per heavy atom. The number of terminal acetylenes is 2. The molecule has 0 saturated carbocycles. The molecule has 0 radical (unpaired) electrons. The summed E-state index contributed by atoms with van der Waals surface area (Å²) in [5.74, 6) is 5.35. The predicted octanol–water partition coefficient (Wildman–Crippen LogP) is 4.77. The van der Waals surface area contributed by atoms with Gasteiger partial charge in [0.25, 0.3) is 0 Å². The highest BCUT2D eigenvalue weighted by Crippen LogP contribution is 2.45. The first-order chi connectivity index (χ1) is 15.5. The van der Waals surface area contributed by atoms with E-state index in [1.54, 1.807) is 0 Å². The maximum atomic E-state index is 10.2. The number of rotatable bonds is 2. The lowest BCUT2D eigenvalue weighted by Crippen LogP contribution is -2.25.